The topological polar surface area (TPSA) is 40.7 Å². The van der Waals surface area contributed by atoms with E-state index in [1.54, 1.807) is 0 Å². The number of para-hydroxylation sites is 2. The number of H-pyrrole nitrogens is 1. The Hall–Kier alpha value is -2.00. The van der Waals surface area contributed by atoms with Crippen LogP contribution in [0.4, 0.5) is 5.69 Å². The van der Waals surface area contributed by atoms with Crippen molar-refractivity contribution in [1.82, 2.24) is 9.97 Å². The van der Waals surface area contributed by atoms with Gasteiger partial charge in [0.25, 0.3) is 0 Å². The average molecular weight is 284 g/mol. The summed E-state index contributed by atoms with van der Waals surface area (Å²) in [5, 5.41) is 4.18. The molecule has 0 amide bonds. The summed E-state index contributed by atoms with van der Waals surface area (Å²) in [5.74, 6) is 1.36. The van der Waals surface area contributed by atoms with E-state index in [-0.39, 0.29) is 0 Å². The van der Waals surface area contributed by atoms with Gasteiger partial charge in [0.05, 0.1) is 10.5 Å². The van der Waals surface area contributed by atoms with Gasteiger partial charge in [0.2, 0.25) is 0 Å². The maximum absolute atomic E-state index is 6.19. The largest absolute Gasteiger partial charge is 0.384 e. The molecule has 20 heavy (non-hydrogen) atoms. The molecule has 0 spiro atoms. The quantitative estimate of drug-likeness (QED) is 0.709. The van der Waals surface area contributed by atoms with Crippen molar-refractivity contribution in [3.8, 4) is 0 Å². The lowest BCUT2D eigenvalue weighted by atomic mass is 9.93. The molecule has 2 aromatic carbocycles. The molecular weight excluding hydrogens is 270 g/mol. The van der Waals surface area contributed by atoms with Gasteiger partial charge in [0.15, 0.2) is 0 Å². The number of aromatic nitrogens is 2. The zero-order valence-electron chi connectivity index (χ0n) is 10.9. The van der Waals surface area contributed by atoms with Crippen LogP contribution < -0.4 is 5.32 Å². The first-order valence-electron chi connectivity index (χ1n) is 6.77. The summed E-state index contributed by atoms with van der Waals surface area (Å²) in [6, 6.07) is 14.3. The molecule has 1 aliphatic rings. The minimum Gasteiger partial charge on any atom is -0.384 e. The van der Waals surface area contributed by atoms with E-state index >= 15 is 0 Å². The number of nitrogens with one attached hydrogen (secondary N) is 2. The van der Waals surface area contributed by atoms with Gasteiger partial charge in [-0.2, -0.15) is 0 Å². The third-order valence-electron chi connectivity index (χ3n) is 3.89. The van der Waals surface area contributed by atoms with Crippen LogP contribution in [0.5, 0.6) is 0 Å². The van der Waals surface area contributed by atoms with Gasteiger partial charge in [-0.15, -0.1) is 0 Å². The van der Waals surface area contributed by atoms with Crippen molar-refractivity contribution >= 4 is 28.3 Å². The second-order valence-electron chi connectivity index (χ2n) is 5.20. The minimum atomic E-state index is 0.355. The molecule has 2 heterocycles. The van der Waals surface area contributed by atoms with E-state index in [2.05, 4.69) is 39.6 Å². The summed E-state index contributed by atoms with van der Waals surface area (Å²) in [5.41, 5.74) is 4.45. The van der Waals surface area contributed by atoms with Gasteiger partial charge in [-0.3, -0.25) is 0 Å². The number of anilines is 1. The van der Waals surface area contributed by atoms with Crippen molar-refractivity contribution in [2.45, 2.75) is 12.3 Å². The first kappa shape index (κ1) is 11.8. The molecule has 0 bridgehead atoms. The van der Waals surface area contributed by atoms with Crippen LogP contribution >= 0.6 is 11.6 Å². The Morgan fingerprint density at radius 2 is 2.00 bits per heavy atom. The van der Waals surface area contributed by atoms with Gasteiger partial charge < -0.3 is 10.3 Å². The molecule has 0 fully saturated rings. The summed E-state index contributed by atoms with van der Waals surface area (Å²) in [4.78, 5) is 8.08. The molecular formula is C16H14ClN3. The lowest BCUT2D eigenvalue weighted by Gasteiger charge is -2.24. The molecule has 0 radical (unpaired) electrons. The number of nitrogens with zero attached hydrogens (tertiary/aromatic N) is 1. The van der Waals surface area contributed by atoms with E-state index in [9.17, 15) is 0 Å². The van der Waals surface area contributed by atoms with Crippen molar-refractivity contribution in [2.75, 3.05) is 11.9 Å². The highest BCUT2D eigenvalue weighted by Gasteiger charge is 2.22. The van der Waals surface area contributed by atoms with Crippen LogP contribution in [0.15, 0.2) is 42.5 Å². The van der Waals surface area contributed by atoms with Gasteiger partial charge in [-0.25, -0.2) is 4.98 Å². The molecule has 4 rings (SSSR count). The number of aromatic amines is 1. The van der Waals surface area contributed by atoms with Crippen molar-refractivity contribution in [2.24, 2.45) is 0 Å². The van der Waals surface area contributed by atoms with Crippen molar-refractivity contribution in [3.05, 3.63) is 58.9 Å². The van der Waals surface area contributed by atoms with Gasteiger partial charge in [0, 0.05) is 18.2 Å². The number of hydrogen-bond donors (Lipinski definition) is 2. The predicted molar refractivity (Wildman–Crippen MR) is 82.5 cm³/mol. The number of fused-ring (bicyclic) bond motifs is 2. The van der Waals surface area contributed by atoms with E-state index in [4.69, 9.17) is 11.6 Å². The Kier molecular flexibility index (Phi) is 2.67. The zero-order chi connectivity index (χ0) is 13.5. The third kappa shape index (κ3) is 1.86. The summed E-state index contributed by atoms with van der Waals surface area (Å²) >= 11 is 6.19. The third-order valence-corrected chi connectivity index (χ3v) is 4.20. The number of rotatable bonds is 1. The predicted octanol–water partition coefficient (Wildman–Crippen LogP) is 3.97. The summed E-state index contributed by atoms with van der Waals surface area (Å²) < 4.78 is 0. The minimum absolute atomic E-state index is 0.355. The average Bonchev–Trinajstić information content (AvgIpc) is 2.92. The fourth-order valence-electron chi connectivity index (χ4n) is 2.84. The summed E-state index contributed by atoms with van der Waals surface area (Å²) in [6.07, 6.45) is 1.00. The SMILES string of the molecule is Clc1cccc2[nH]c(C3CNc4ccccc4C3)nc12. The first-order valence-corrected chi connectivity index (χ1v) is 7.15. The molecule has 1 atom stereocenters. The Morgan fingerprint density at radius 1 is 1.10 bits per heavy atom. The number of halogens is 1. The van der Waals surface area contributed by atoms with Crippen LogP contribution in [-0.2, 0) is 6.42 Å². The van der Waals surface area contributed by atoms with E-state index in [0.29, 0.717) is 10.9 Å². The van der Waals surface area contributed by atoms with Crippen molar-refractivity contribution < 1.29 is 0 Å². The monoisotopic (exact) mass is 283 g/mol. The van der Waals surface area contributed by atoms with Crippen LogP contribution in [0.25, 0.3) is 11.0 Å². The number of imidazole rings is 1. The molecule has 0 saturated heterocycles. The Labute approximate surface area is 122 Å². The highest BCUT2D eigenvalue weighted by Crippen LogP contribution is 2.31. The second-order valence-corrected chi connectivity index (χ2v) is 5.60. The summed E-state index contributed by atoms with van der Waals surface area (Å²) in [6.45, 7) is 0.897. The van der Waals surface area contributed by atoms with Gasteiger partial charge >= 0.3 is 0 Å². The smallest absolute Gasteiger partial charge is 0.112 e. The highest BCUT2D eigenvalue weighted by molar-refractivity contribution is 6.34. The zero-order valence-corrected chi connectivity index (χ0v) is 11.6. The van der Waals surface area contributed by atoms with Gasteiger partial charge in [-0.05, 0) is 30.2 Å². The van der Waals surface area contributed by atoms with Crippen LogP contribution in [0, 0.1) is 0 Å². The Balaban J connectivity index is 1.72. The molecule has 0 aliphatic carbocycles. The van der Waals surface area contributed by atoms with Crippen LogP contribution in [0.2, 0.25) is 5.02 Å². The molecule has 2 N–H and O–H groups in total. The van der Waals surface area contributed by atoms with E-state index in [1.807, 2.05) is 18.2 Å². The number of benzene rings is 2. The molecule has 100 valence electrons. The van der Waals surface area contributed by atoms with Crippen molar-refractivity contribution in [3.63, 3.8) is 0 Å². The molecule has 3 nitrogen and oxygen atoms in total. The van der Waals surface area contributed by atoms with Gasteiger partial charge in [0.1, 0.15) is 11.3 Å². The fraction of sp³-hybridized carbons (Fsp3) is 0.188. The molecule has 4 heteroatoms. The molecule has 1 unspecified atom stereocenters. The molecule has 1 aliphatic heterocycles. The maximum Gasteiger partial charge on any atom is 0.112 e. The lowest BCUT2D eigenvalue weighted by molar-refractivity contribution is 0.659. The van der Waals surface area contributed by atoms with E-state index in [0.717, 1.165) is 29.8 Å². The normalized spacial score (nSPS) is 17.8. The van der Waals surface area contributed by atoms with Crippen molar-refractivity contribution in [1.29, 1.82) is 0 Å². The maximum atomic E-state index is 6.19. The molecule has 0 saturated carbocycles. The first-order chi connectivity index (χ1) is 9.81. The van der Waals surface area contributed by atoms with E-state index in [1.165, 1.54) is 11.3 Å². The van der Waals surface area contributed by atoms with Crippen LogP contribution in [-0.4, -0.2) is 16.5 Å². The Bertz CT molecular complexity index is 778. The van der Waals surface area contributed by atoms with Gasteiger partial charge in [-0.1, -0.05) is 35.9 Å². The fourth-order valence-corrected chi connectivity index (χ4v) is 3.06. The highest BCUT2D eigenvalue weighted by atomic mass is 35.5. The second kappa shape index (κ2) is 4.53. The summed E-state index contributed by atoms with van der Waals surface area (Å²) in [7, 11) is 0. The van der Waals surface area contributed by atoms with Crippen LogP contribution in [0.1, 0.15) is 17.3 Å². The van der Waals surface area contributed by atoms with E-state index < -0.39 is 0 Å². The Morgan fingerprint density at radius 3 is 2.90 bits per heavy atom. The molecule has 3 aromatic rings. The lowest BCUT2D eigenvalue weighted by Crippen LogP contribution is -2.22. The molecule has 1 aromatic heterocycles. The van der Waals surface area contributed by atoms with Crippen LogP contribution in [0.3, 0.4) is 0 Å². The standard InChI is InChI=1S/C16H14ClN3/c17-12-5-3-7-14-15(12)20-16(19-14)11-8-10-4-1-2-6-13(10)18-9-11/h1-7,11,18H,8-9H2,(H,19,20). The number of hydrogen-bond acceptors (Lipinski definition) is 2.